The first kappa shape index (κ1) is 16.9. The second-order valence-electron chi connectivity index (χ2n) is 5.25. The second kappa shape index (κ2) is 7.77. The van der Waals surface area contributed by atoms with Gasteiger partial charge >= 0.3 is 6.03 Å². The summed E-state index contributed by atoms with van der Waals surface area (Å²) in [6, 6.07) is 12.1. The van der Waals surface area contributed by atoms with Crippen molar-refractivity contribution in [1.82, 2.24) is 9.97 Å². The number of anilines is 3. The van der Waals surface area contributed by atoms with Gasteiger partial charge in [0, 0.05) is 29.3 Å². The number of hydrogen-bond acceptors (Lipinski definition) is 4. The molecule has 3 rings (SSSR count). The van der Waals surface area contributed by atoms with Crippen molar-refractivity contribution in [2.45, 2.75) is 0 Å². The van der Waals surface area contributed by atoms with Crippen molar-refractivity contribution in [3.05, 3.63) is 77.9 Å². The number of halogens is 1. The molecule has 7 heteroatoms. The van der Waals surface area contributed by atoms with E-state index in [4.69, 9.17) is 5.73 Å². The lowest BCUT2D eigenvalue weighted by atomic mass is 10.2. The Bertz CT molecular complexity index is 975. The van der Waals surface area contributed by atoms with Gasteiger partial charge in [0.25, 0.3) is 0 Å². The molecule has 0 atom stereocenters. The van der Waals surface area contributed by atoms with Crippen LogP contribution in [0.25, 0.3) is 0 Å². The van der Waals surface area contributed by atoms with Gasteiger partial charge in [0.2, 0.25) is 5.95 Å². The molecule has 2 amide bonds. The molecular weight excluding hydrogens is 333 g/mol. The summed E-state index contributed by atoms with van der Waals surface area (Å²) in [4.78, 5) is 19.7. The van der Waals surface area contributed by atoms with Crippen molar-refractivity contribution in [1.29, 1.82) is 0 Å². The lowest BCUT2D eigenvalue weighted by molar-refractivity contribution is 0.262. The zero-order valence-corrected chi connectivity index (χ0v) is 13.5. The first-order valence-electron chi connectivity index (χ1n) is 7.62. The topological polar surface area (TPSA) is 92.9 Å². The normalized spacial score (nSPS) is 9.73. The highest BCUT2D eigenvalue weighted by molar-refractivity contribution is 5.99. The number of nitrogens with one attached hydrogen (secondary N) is 2. The third kappa shape index (κ3) is 4.79. The molecule has 0 unspecified atom stereocenters. The van der Waals surface area contributed by atoms with Crippen LogP contribution < -0.4 is 16.4 Å². The van der Waals surface area contributed by atoms with Gasteiger partial charge in [-0.2, -0.15) is 0 Å². The third-order valence-corrected chi connectivity index (χ3v) is 3.25. The molecule has 0 aliphatic carbocycles. The van der Waals surface area contributed by atoms with Crippen LogP contribution in [0.4, 0.5) is 26.5 Å². The molecule has 6 nitrogen and oxygen atoms in total. The summed E-state index contributed by atoms with van der Waals surface area (Å²) in [5, 5.41) is 5.32. The van der Waals surface area contributed by atoms with E-state index in [1.807, 2.05) is 6.07 Å². The molecule has 3 aromatic rings. The van der Waals surface area contributed by atoms with Crippen LogP contribution in [0, 0.1) is 17.7 Å². The third-order valence-electron chi connectivity index (χ3n) is 3.25. The molecule has 4 N–H and O–H groups in total. The molecule has 128 valence electrons. The van der Waals surface area contributed by atoms with Gasteiger partial charge in [-0.3, -0.25) is 0 Å². The molecule has 0 spiro atoms. The Kier molecular flexibility index (Phi) is 5.05. The smallest absolute Gasteiger partial charge is 0.323 e. The van der Waals surface area contributed by atoms with E-state index >= 15 is 0 Å². The van der Waals surface area contributed by atoms with Crippen LogP contribution in [0.1, 0.15) is 11.1 Å². The Hall–Kier alpha value is -3.92. The molecule has 0 aliphatic heterocycles. The maximum Gasteiger partial charge on any atom is 0.323 e. The van der Waals surface area contributed by atoms with Gasteiger partial charge in [-0.25, -0.2) is 19.2 Å². The SMILES string of the molecule is Nc1ncc(C#Cc2cccc(NC(=O)Nc3ccc(F)cc3)c2)cn1. The molecule has 0 aliphatic rings. The highest BCUT2D eigenvalue weighted by Gasteiger charge is 2.03. The molecule has 1 heterocycles. The molecule has 26 heavy (non-hydrogen) atoms. The summed E-state index contributed by atoms with van der Waals surface area (Å²) in [7, 11) is 0. The number of nitrogen functional groups attached to an aromatic ring is 1. The van der Waals surface area contributed by atoms with E-state index in [0.717, 1.165) is 0 Å². The van der Waals surface area contributed by atoms with Crippen LogP contribution >= 0.6 is 0 Å². The second-order valence-corrected chi connectivity index (χ2v) is 5.25. The fraction of sp³-hybridized carbons (Fsp3) is 0. The van der Waals surface area contributed by atoms with Gasteiger partial charge in [-0.1, -0.05) is 17.9 Å². The van der Waals surface area contributed by atoms with Gasteiger partial charge in [0.05, 0.1) is 5.56 Å². The Morgan fingerprint density at radius 1 is 0.923 bits per heavy atom. The fourth-order valence-electron chi connectivity index (χ4n) is 2.05. The van der Waals surface area contributed by atoms with Gasteiger partial charge in [-0.05, 0) is 42.5 Å². The van der Waals surface area contributed by atoms with Crippen LogP contribution in [0.2, 0.25) is 0 Å². The van der Waals surface area contributed by atoms with E-state index in [2.05, 4.69) is 32.4 Å². The highest BCUT2D eigenvalue weighted by atomic mass is 19.1. The number of benzene rings is 2. The van der Waals surface area contributed by atoms with Crippen LogP contribution in [0.15, 0.2) is 60.9 Å². The number of carbonyl (C=O) groups excluding carboxylic acids is 1. The lowest BCUT2D eigenvalue weighted by Crippen LogP contribution is -2.19. The molecular formula is C19H14FN5O. The minimum atomic E-state index is -0.436. The van der Waals surface area contributed by atoms with E-state index in [0.29, 0.717) is 22.5 Å². The quantitative estimate of drug-likeness (QED) is 0.621. The molecule has 0 fully saturated rings. The maximum absolute atomic E-state index is 12.9. The van der Waals surface area contributed by atoms with E-state index < -0.39 is 6.03 Å². The number of rotatable bonds is 2. The summed E-state index contributed by atoms with van der Waals surface area (Å²) in [5.74, 6) is 5.71. The molecule has 0 saturated carbocycles. The number of aromatic nitrogens is 2. The van der Waals surface area contributed by atoms with Gasteiger partial charge in [0.1, 0.15) is 5.82 Å². The average Bonchev–Trinajstić information content (AvgIpc) is 2.63. The summed E-state index contributed by atoms with van der Waals surface area (Å²) >= 11 is 0. The average molecular weight is 347 g/mol. The molecule has 1 aromatic heterocycles. The Balaban J connectivity index is 1.66. The van der Waals surface area contributed by atoms with Crippen molar-refractivity contribution >= 4 is 23.4 Å². The Labute approximate surface area is 149 Å². The number of nitrogens with zero attached hydrogens (tertiary/aromatic N) is 2. The maximum atomic E-state index is 12.9. The van der Waals surface area contributed by atoms with Gasteiger partial charge in [0.15, 0.2) is 0 Å². The number of hydrogen-bond donors (Lipinski definition) is 3. The summed E-state index contributed by atoms with van der Waals surface area (Å²) in [6.45, 7) is 0. The zero-order chi connectivity index (χ0) is 18.4. The van der Waals surface area contributed by atoms with E-state index in [-0.39, 0.29) is 11.8 Å². The predicted molar refractivity (Wildman–Crippen MR) is 97.9 cm³/mol. The number of urea groups is 1. The minimum absolute atomic E-state index is 0.189. The first-order chi connectivity index (χ1) is 12.6. The van der Waals surface area contributed by atoms with Crippen molar-refractivity contribution < 1.29 is 9.18 Å². The van der Waals surface area contributed by atoms with Crippen LogP contribution in [0.3, 0.4) is 0 Å². The number of nitrogens with two attached hydrogens (primary N) is 1. The Morgan fingerprint density at radius 2 is 1.58 bits per heavy atom. The number of carbonyl (C=O) groups is 1. The predicted octanol–water partition coefficient (Wildman–Crippen LogP) is 3.24. The van der Waals surface area contributed by atoms with Crippen molar-refractivity contribution in [3.8, 4) is 11.8 Å². The molecule has 0 radical (unpaired) electrons. The van der Waals surface area contributed by atoms with Gasteiger partial charge < -0.3 is 16.4 Å². The molecule has 0 saturated heterocycles. The zero-order valence-electron chi connectivity index (χ0n) is 13.5. The fourth-order valence-corrected chi connectivity index (χ4v) is 2.05. The summed E-state index contributed by atoms with van der Waals surface area (Å²) < 4.78 is 12.9. The van der Waals surface area contributed by atoms with Crippen molar-refractivity contribution in [3.63, 3.8) is 0 Å². The van der Waals surface area contributed by atoms with Gasteiger partial charge in [-0.15, -0.1) is 0 Å². The lowest BCUT2D eigenvalue weighted by Gasteiger charge is -2.07. The van der Waals surface area contributed by atoms with Crippen LogP contribution in [0.5, 0.6) is 0 Å². The monoisotopic (exact) mass is 347 g/mol. The van der Waals surface area contributed by atoms with Crippen LogP contribution in [-0.4, -0.2) is 16.0 Å². The van der Waals surface area contributed by atoms with Crippen molar-refractivity contribution in [2.75, 3.05) is 16.4 Å². The summed E-state index contributed by atoms with van der Waals surface area (Å²) in [6.07, 6.45) is 3.07. The van der Waals surface area contributed by atoms with Crippen molar-refractivity contribution in [2.24, 2.45) is 0 Å². The number of amides is 2. The first-order valence-corrected chi connectivity index (χ1v) is 7.62. The molecule has 0 bridgehead atoms. The largest absolute Gasteiger partial charge is 0.368 e. The van der Waals surface area contributed by atoms with E-state index in [1.54, 1.807) is 18.2 Å². The molecule has 2 aromatic carbocycles. The Morgan fingerprint density at radius 3 is 2.31 bits per heavy atom. The minimum Gasteiger partial charge on any atom is -0.368 e. The highest BCUT2D eigenvalue weighted by Crippen LogP contribution is 2.12. The van der Waals surface area contributed by atoms with E-state index in [1.165, 1.54) is 36.7 Å². The summed E-state index contributed by atoms with van der Waals surface area (Å²) in [5.41, 5.74) is 7.83. The van der Waals surface area contributed by atoms with E-state index in [9.17, 15) is 9.18 Å². The van der Waals surface area contributed by atoms with Crippen LogP contribution in [-0.2, 0) is 0 Å². The standard InChI is InChI=1S/C19H14FN5O/c20-15-6-8-16(9-7-15)24-19(26)25-17-3-1-2-13(10-17)4-5-14-11-22-18(21)23-12-14/h1-3,6-12H,(H2,21,22,23)(H2,24,25,26).